The molecular weight excluding hydrogens is 338 g/mol. The molecule has 0 spiro atoms. The first-order valence-electron chi connectivity index (χ1n) is 8.04. The van der Waals surface area contributed by atoms with Crippen LogP contribution in [0.25, 0.3) is 0 Å². The van der Waals surface area contributed by atoms with Gasteiger partial charge >= 0.3 is 0 Å². The smallest absolute Gasteiger partial charge is 0.280 e. The number of ether oxygens (including phenoxy) is 2. The first-order chi connectivity index (χ1) is 12.5. The highest BCUT2D eigenvalue weighted by Gasteiger charge is 2.18. The van der Waals surface area contributed by atoms with Crippen molar-refractivity contribution in [3.05, 3.63) is 64.2 Å². The highest BCUT2D eigenvalue weighted by atomic mass is 16.6. The van der Waals surface area contributed by atoms with Crippen LogP contribution >= 0.6 is 0 Å². The number of hydrogen-bond donors (Lipinski definition) is 1. The molecule has 2 aromatic carbocycles. The third-order valence-electron chi connectivity index (χ3n) is 3.83. The molecule has 0 saturated carbocycles. The average Bonchev–Trinajstić information content (AvgIpc) is 2.66. The van der Waals surface area contributed by atoms with E-state index in [-0.39, 0.29) is 5.69 Å². The summed E-state index contributed by atoms with van der Waals surface area (Å²) in [5, 5.41) is 14.8. The van der Waals surface area contributed by atoms with Crippen molar-refractivity contribution in [1.29, 1.82) is 0 Å². The summed E-state index contributed by atoms with van der Waals surface area (Å²) in [6, 6.07) is 13.0. The minimum Gasteiger partial charge on any atom is -0.492 e. The number of amides is 1. The summed E-state index contributed by atoms with van der Waals surface area (Å²) in [7, 11) is 0. The second-order valence-electron chi connectivity index (χ2n) is 5.64. The third-order valence-corrected chi connectivity index (χ3v) is 3.83. The lowest BCUT2D eigenvalue weighted by Crippen LogP contribution is -2.34. The van der Waals surface area contributed by atoms with E-state index in [1.54, 1.807) is 6.92 Å². The van der Waals surface area contributed by atoms with Crippen LogP contribution in [0.1, 0.15) is 18.9 Å². The second-order valence-corrected chi connectivity index (χ2v) is 5.64. The Morgan fingerprint density at radius 3 is 2.73 bits per heavy atom. The van der Waals surface area contributed by atoms with E-state index < -0.39 is 16.9 Å². The molecule has 0 bridgehead atoms. The lowest BCUT2D eigenvalue weighted by molar-refractivity contribution is -0.384. The molecule has 8 nitrogen and oxygen atoms in total. The Bertz CT molecular complexity index is 848. The van der Waals surface area contributed by atoms with Crippen molar-refractivity contribution in [3.8, 4) is 11.5 Å². The van der Waals surface area contributed by atoms with Gasteiger partial charge in [0.2, 0.25) is 0 Å². The van der Waals surface area contributed by atoms with E-state index in [0.29, 0.717) is 18.8 Å². The maximum absolute atomic E-state index is 12.2. The van der Waals surface area contributed by atoms with Crippen LogP contribution in [-0.2, 0) is 4.79 Å². The number of nitrogens with zero attached hydrogens (tertiary/aromatic N) is 2. The quantitative estimate of drug-likeness (QED) is 0.656. The number of hydrazone groups is 1. The topological polar surface area (TPSA) is 103 Å². The number of benzene rings is 2. The molecular formula is C18H17N3O5. The molecule has 1 N–H and O–H groups in total. The second kappa shape index (κ2) is 7.64. The molecule has 26 heavy (non-hydrogen) atoms. The number of carbonyl (C=O) groups excluding carboxylic acids is 1. The van der Waals surface area contributed by atoms with E-state index in [2.05, 4.69) is 10.5 Å². The number of nitrogens with one attached hydrogen (secondary N) is 1. The Balaban J connectivity index is 1.62. The van der Waals surface area contributed by atoms with E-state index in [1.165, 1.54) is 24.3 Å². The summed E-state index contributed by atoms with van der Waals surface area (Å²) < 4.78 is 11.0. The van der Waals surface area contributed by atoms with Gasteiger partial charge in [0.15, 0.2) is 6.10 Å². The van der Waals surface area contributed by atoms with Gasteiger partial charge in [0.05, 0.1) is 17.2 Å². The Labute approximate surface area is 149 Å². The zero-order chi connectivity index (χ0) is 18.5. The van der Waals surface area contributed by atoms with Crippen LogP contribution in [0.4, 0.5) is 5.69 Å². The van der Waals surface area contributed by atoms with Crippen molar-refractivity contribution in [1.82, 2.24) is 5.43 Å². The maximum Gasteiger partial charge on any atom is 0.280 e. The van der Waals surface area contributed by atoms with Crippen molar-refractivity contribution in [3.63, 3.8) is 0 Å². The number of fused-ring (bicyclic) bond motifs is 1. The summed E-state index contributed by atoms with van der Waals surface area (Å²) in [6.45, 7) is 2.08. The van der Waals surface area contributed by atoms with Crippen LogP contribution in [-0.4, -0.2) is 29.3 Å². The molecule has 1 aliphatic heterocycles. The fraction of sp³-hybridized carbons (Fsp3) is 0.222. The van der Waals surface area contributed by atoms with Gasteiger partial charge in [-0.2, -0.15) is 5.10 Å². The zero-order valence-electron chi connectivity index (χ0n) is 14.0. The SMILES string of the molecule is CC(Oc1ccc([N+](=O)[O-])cc1)C(=O)N/N=C1\CCOc2ccccc21. The molecule has 1 unspecified atom stereocenters. The molecule has 2 aromatic rings. The minimum absolute atomic E-state index is 0.0426. The lowest BCUT2D eigenvalue weighted by Gasteiger charge is -2.19. The molecule has 134 valence electrons. The van der Waals surface area contributed by atoms with Crippen molar-refractivity contribution in [2.75, 3.05) is 6.61 Å². The largest absolute Gasteiger partial charge is 0.492 e. The zero-order valence-corrected chi connectivity index (χ0v) is 14.0. The average molecular weight is 355 g/mol. The first-order valence-corrected chi connectivity index (χ1v) is 8.04. The van der Waals surface area contributed by atoms with Gasteiger partial charge in [0, 0.05) is 24.1 Å². The van der Waals surface area contributed by atoms with Crippen LogP contribution < -0.4 is 14.9 Å². The highest BCUT2D eigenvalue weighted by molar-refractivity contribution is 6.04. The Kier molecular flexibility index (Phi) is 5.12. The van der Waals surface area contributed by atoms with E-state index in [9.17, 15) is 14.9 Å². The van der Waals surface area contributed by atoms with Crippen LogP contribution in [0, 0.1) is 10.1 Å². The van der Waals surface area contributed by atoms with Crippen LogP contribution in [0.15, 0.2) is 53.6 Å². The summed E-state index contributed by atoms with van der Waals surface area (Å²) in [5.74, 6) is 0.684. The number of non-ortho nitro benzene ring substituents is 1. The Morgan fingerprint density at radius 1 is 1.27 bits per heavy atom. The molecule has 0 aliphatic carbocycles. The van der Waals surface area contributed by atoms with Gasteiger partial charge in [-0.25, -0.2) is 5.43 Å². The minimum atomic E-state index is -0.809. The molecule has 1 heterocycles. The summed E-state index contributed by atoms with van der Waals surface area (Å²) in [5.41, 5.74) is 4.05. The van der Waals surface area contributed by atoms with Gasteiger partial charge in [0.25, 0.3) is 11.6 Å². The normalized spacial score (nSPS) is 15.5. The van der Waals surface area contributed by atoms with Gasteiger partial charge in [-0.05, 0) is 31.2 Å². The lowest BCUT2D eigenvalue weighted by atomic mass is 10.0. The number of nitro groups is 1. The van der Waals surface area contributed by atoms with Gasteiger partial charge in [-0.3, -0.25) is 14.9 Å². The predicted octanol–water partition coefficient (Wildman–Crippen LogP) is 2.67. The molecule has 1 amide bonds. The van der Waals surface area contributed by atoms with E-state index in [0.717, 1.165) is 17.0 Å². The van der Waals surface area contributed by atoms with Gasteiger partial charge in [-0.1, -0.05) is 12.1 Å². The summed E-state index contributed by atoms with van der Waals surface area (Å²) in [4.78, 5) is 22.3. The Morgan fingerprint density at radius 2 is 2.00 bits per heavy atom. The van der Waals surface area contributed by atoms with Crippen LogP contribution in [0.3, 0.4) is 0 Å². The van der Waals surface area contributed by atoms with Crippen molar-refractivity contribution < 1.29 is 19.2 Å². The fourth-order valence-electron chi connectivity index (χ4n) is 2.46. The molecule has 0 radical (unpaired) electrons. The van der Waals surface area contributed by atoms with Crippen molar-refractivity contribution in [2.24, 2.45) is 5.10 Å². The maximum atomic E-state index is 12.2. The summed E-state index contributed by atoms with van der Waals surface area (Å²) >= 11 is 0. The molecule has 3 rings (SSSR count). The standard InChI is InChI=1S/C18H17N3O5/c1-12(26-14-8-6-13(7-9-14)21(23)24)18(22)20-19-16-10-11-25-17-5-3-2-4-15(16)17/h2-9,12H,10-11H2,1H3,(H,20,22)/b19-16+. The monoisotopic (exact) mass is 355 g/mol. The first kappa shape index (κ1) is 17.4. The van der Waals surface area contributed by atoms with Crippen molar-refractivity contribution in [2.45, 2.75) is 19.4 Å². The summed E-state index contributed by atoms with van der Waals surface area (Å²) in [6.07, 6.45) is -0.217. The molecule has 0 saturated heterocycles. The van der Waals surface area contributed by atoms with E-state index in [1.807, 2.05) is 24.3 Å². The van der Waals surface area contributed by atoms with Gasteiger partial charge < -0.3 is 9.47 Å². The number of carbonyl (C=O) groups is 1. The highest BCUT2D eigenvalue weighted by Crippen LogP contribution is 2.24. The number of hydrogen-bond acceptors (Lipinski definition) is 6. The van der Waals surface area contributed by atoms with Crippen molar-refractivity contribution >= 4 is 17.3 Å². The molecule has 1 atom stereocenters. The van der Waals surface area contributed by atoms with E-state index in [4.69, 9.17) is 9.47 Å². The Hall–Kier alpha value is -3.42. The molecule has 0 aromatic heterocycles. The molecule has 0 fully saturated rings. The van der Waals surface area contributed by atoms with Crippen LogP contribution in [0.5, 0.6) is 11.5 Å². The molecule has 8 heteroatoms. The number of nitro benzene ring substituents is 1. The van der Waals surface area contributed by atoms with E-state index >= 15 is 0 Å². The van der Waals surface area contributed by atoms with Crippen LogP contribution in [0.2, 0.25) is 0 Å². The van der Waals surface area contributed by atoms with Gasteiger partial charge in [-0.15, -0.1) is 0 Å². The third kappa shape index (κ3) is 3.97. The fourth-order valence-corrected chi connectivity index (χ4v) is 2.46. The number of para-hydroxylation sites is 1. The number of rotatable bonds is 5. The predicted molar refractivity (Wildman–Crippen MR) is 94.4 cm³/mol. The van der Waals surface area contributed by atoms with Gasteiger partial charge in [0.1, 0.15) is 11.5 Å². The molecule has 1 aliphatic rings.